The van der Waals surface area contributed by atoms with E-state index in [9.17, 15) is 4.39 Å². The van der Waals surface area contributed by atoms with Crippen molar-refractivity contribution < 1.29 is 4.39 Å². The van der Waals surface area contributed by atoms with Crippen LogP contribution in [0, 0.1) is 16.6 Å². The first kappa shape index (κ1) is 17.7. The summed E-state index contributed by atoms with van der Waals surface area (Å²) in [6.07, 6.45) is 1.75. The summed E-state index contributed by atoms with van der Waals surface area (Å²) in [7, 11) is 0. The Balaban J connectivity index is 1.72. The van der Waals surface area contributed by atoms with E-state index in [4.69, 9.17) is 10.8 Å². The minimum absolute atomic E-state index is 0.0967. The van der Waals surface area contributed by atoms with Gasteiger partial charge in [0.2, 0.25) is 0 Å². The molecule has 2 aromatic carbocycles. The van der Waals surface area contributed by atoms with Crippen LogP contribution >= 0.6 is 0 Å². The molecule has 2 N–H and O–H groups in total. The van der Waals surface area contributed by atoms with Crippen molar-refractivity contribution in [3.8, 4) is 11.3 Å². The first-order valence-electron chi connectivity index (χ1n) is 8.87. The number of hydrogen-bond donors (Lipinski definition) is 2. The molecule has 2 heterocycles. The molecule has 4 aromatic rings. The van der Waals surface area contributed by atoms with E-state index in [-0.39, 0.29) is 23.1 Å². The van der Waals surface area contributed by atoms with Crippen LogP contribution in [0.2, 0.25) is 0 Å². The van der Waals surface area contributed by atoms with Gasteiger partial charge >= 0.3 is 0 Å². The van der Waals surface area contributed by atoms with Crippen molar-refractivity contribution in [2.24, 2.45) is 0 Å². The highest BCUT2D eigenvalue weighted by Crippen LogP contribution is 2.22. The van der Waals surface area contributed by atoms with E-state index in [1.807, 2.05) is 37.3 Å². The molecule has 0 aliphatic carbocycles. The van der Waals surface area contributed by atoms with E-state index in [1.165, 1.54) is 16.8 Å². The Hall–Kier alpha value is -3.67. The van der Waals surface area contributed by atoms with E-state index in [1.54, 1.807) is 30.5 Å². The SMILES string of the molecule is CC(C(=N)n1nc(-c2cccc(F)c2)ccc1=N)c1ccc2ncccc2c1. The summed E-state index contributed by atoms with van der Waals surface area (Å²) in [6, 6.07) is 19.1. The number of pyridine rings is 1. The zero-order valence-corrected chi connectivity index (χ0v) is 15.2. The van der Waals surface area contributed by atoms with Gasteiger partial charge in [-0.05, 0) is 48.0 Å². The van der Waals surface area contributed by atoms with E-state index in [2.05, 4.69) is 10.1 Å². The van der Waals surface area contributed by atoms with Gasteiger partial charge in [0.1, 0.15) is 17.1 Å². The number of hydrogen-bond acceptors (Lipinski definition) is 4. The van der Waals surface area contributed by atoms with Crippen molar-refractivity contribution in [3.63, 3.8) is 0 Å². The molecule has 0 saturated heterocycles. The van der Waals surface area contributed by atoms with E-state index in [0.717, 1.165) is 16.5 Å². The molecule has 0 fully saturated rings. The van der Waals surface area contributed by atoms with Crippen molar-refractivity contribution >= 4 is 16.7 Å². The molecule has 6 heteroatoms. The zero-order valence-electron chi connectivity index (χ0n) is 15.2. The Morgan fingerprint density at radius 1 is 1.04 bits per heavy atom. The van der Waals surface area contributed by atoms with E-state index in [0.29, 0.717) is 11.3 Å². The fourth-order valence-corrected chi connectivity index (χ4v) is 3.11. The standard InChI is InChI=1S/C22H18FN5/c1-14(15-7-8-19-16(12-15)5-3-11-26-19)22(25)28-21(24)10-9-20(27-28)17-4-2-6-18(23)13-17/h2-14,24-25H,1H3. The highest BCUT2D eigenvalue weighted by atomic mass is 19.1. The maximum absolute atomic E-state index is 13.5. The van der Waals surface area contributed by atoms with Gasteiger partial charge in [0.15, 0.2) is 0 Å². The number of halogens is 1. The molecule has 5 nitrogen and oxygen atoms in total. The fraction of sp³-hybridized carbons (Fsp3) is 0.0909. The molecule has 0 amide bonds. The molecule has 1 unspecified atom stereocenters. The number of nitrogens with zero attached hydrogens (tertiary/aromatic N) is 3. The number of nitrogens with one attached hydrogen (secondary N) is 2. The van der Waals surface area contributed by atoms with E-state index >= 15 is 0 Å². The number of rotatable bonds is 3. The molecular formula is C22H18FN5. The molecule has 4 rings (SSSR count). The molecule has 138 valence electrons. The fourth-order valence-electron chi connectivity index (χ4n) is 3.11. The van der Waals surface area contributed by atoms with Crippen molar-refractivity contribution in [1.82, 2.24) is 14.8 Å². The molecular weight excluding hydrogens is 353 g/mol. The van der Waals surface area contributed by atoms with Crippen LogP contribution in [0.1, 0.15) is 18.4 Å². The van der Waals surface area contributed by atoms with E-state index < -0.39 is 0 Å². The lowest BCUT2D eigenvalue weighted by atomic mass is 9.98. The van der Waals surface area contributed by atoms with Crippen molar-refractivity contribution in [3.05, 3.63) is 89.8 Å². The summed E-state index contributed by atoms with van der Waals surface area (Å²) >= 11 is 0. The maximum atomic E-state index is 13.5. The monoisotopic (exact) mass is 371 g/mol. The number of fused-ring (bicyclic) bond motifs is 1. The van der Waals surface area contributed by atoms with Crippen LogP contribution in [0.4, 0.5) is 4.39 Å². The Kier molecular flexibility index (Phi) is 4.53. The summed E-state index contributed by atoms with van der Waals surface area (Å²) < 4.78 is 14.8. The van der Waals surface area contributed by atoms with Crippen molar-refractivity contribution in [1.29, 1.82) is 10.8 Å². The molecule has 28 heavy (non-hydrogen) atoms. The Labute approximate surface area is 161 Å². The summed E-state index contributed by atoms with van der Waals surface area (Å²) in [4.78, 5) is 4.32. The molecule has 0 spiro atoms. The highest BCUT2D eigenvalue weighted by Gasteiger charge is 2.16. The third kappa shape index (κ3) is 3.32. The predicted octanol–water partition coefficient (Wildman–Crippen LogP) is 4.35. The molecule has 0 aliphatic rings. The highest BCUT2D eigenvalue weighted by molar-refractivity contribution is 5.89. The van der Waals surface area contributed by atoms with Crippen LogP contribution in [0.5, 0.6) is 0 Å². The van der Waals surface area contributed by atoms with Gasteiger partial charge in [-0.25, -0.2) is 9.07 Å². The lowest BCUT2D eigenvalue weighted by Crippen LogP contribution is -2.32. The van der Waals surface area contributed by atoms with Crippen LogP contribution in [0.15, 0.2) is 72.9 Å². The first-order valence-corrected chi connectivity index (χ1v) is 8.87. The van der Waals surface area contributed by atoms with Crippen molar-refractivity contribution in [2.45, 2.75) is 12.8 Å². The zero-order chi connectivity index (χ0) is 19.7. The average Bonchev–Trinajstić information content (AvgIpc) is 2.72. The average molecular weight is 371 g/mol. The molecule has 0 aliphatic heterocycles. The Morgan fingerprint density at radius 3 is 2.71 bits per heavy atom. The summed E-state index contributed by atoms with van der Waals surface area (Å²) in [6.45, 7) is 1.91. The van der Waals surface area contributed by atoms with Gasteiger partial charge in [0.05, 0.1) is 11.2 Å². The van der Waals surface area contributed by atoms with Gasteiger partial charge < -0.3 is 0 Å². The van der Waals surface area contributed by atoms with Gasteiger partial charge in [0.25, 0.3) is 0 Å². The molecule has 1 atom stereocenters. The maximum Gasteiger partial charge on any atom is 0.148 e. The van der Waals surface area contributed by atoms with Crippen LogP contribution in [-0.2, 0) is 0 Å². The molecule has 2 aromatic heterocycles. The second-order valence-electron chi connectivity index (χ2n) is 6.59. The number of benzene rings is 2. The van der Waals surface area contributed by atoms with Gasteiger partial charge in [-0.2, -0.15) is 5.10 Å². The van der Waals surface area contributed by atoms with Crippen LogP contribution in [0.3, 0.4) is 0 Å². The quantitative estimate of drug-likeness (QED) is 0.415. The third-order valence-corrected chi connectivity index (χ3v) is 4.72. The summed E-state index contributed by atoms with van der Waals surface area (Å²) in [5.74, 6) is -0.463. The van der Waals surface area contributed by atoms with Crippen LogP contribution in [0.25, 0.3) is 22.2 Å². The smallest absolute Gasteiger partial charge is 0.148 e. The minimum Gasteiger partial charge on any atom is -0.286 e. The topological polar surface area (TPSA) is 78.4 Å². The first-order chi connectivity index (χ1) is 13.5. The lowest BCUT2D eigenvalue weighted by molar-refractivity contribution is 0.628. The molecule has 0 radical (unpaired) electrons. The minimum atomic E-state index is -0.353. The summed E-state index contributed by atoms with van der Waals surface area (Å²) in [5, 5.41) is 22.2. The van der Waals surface area contributed by atoms with Crippen LogP contribution < -0.4 is 5.49 Å². The number of aromatic nitrogens is 3. The van der Waals surface area contributed by atoms with Gasteiger partial charge in [-0.1, -0.05) is 31.2 Å². The second kappa shape index (κ2) is 7.15. The predicted molar refractivity (Wildman–Crippen MR) is 107 cm³/mol. The molecule has 0 saturated carbocycles. The Morgan fingerprint density at radius 2 is 1.89 bits per heavy atom. The van der Waals surface area contributed by atoms with Gasteiger partial charge in [0, 0.05) is 23.1 Å². The van der Waals surface area contributed by atoms with Gasteiger partial charge in [-0.3, -0.25) is 15.8 Å². The third-order valence-electron chi connectivity index (χ3n) is 4.72. The Bertz CT molecular complexity index is 1240. The van der Waals surface area contributed by atoms with Crippen molar-refractivity contribution in [2.75, 3.05) is 0 Å². The van der Waals surface area contributed by atoms with Gasteiger partial charge in [-0.15, -0.1) is 0 Å². The normalized spacial score (nSPS) is 12.1. The lowest BCUT2D eigenvalue weighted by Gasteiger charge is -2.16. The largest absolute Gasteiger partial charge is 0.286 e. The summed E-state index contributed by atoms with van der Waals surface area (Å²) in [5.41, 5.74) is 3.04. The molecule has 0 bridgehead atoms. The van der Waals surface area contributed by atoms with Crippen LogP contribution in [-0.4, -0.2) is 20.6 Å². The second-order valence-corrected chi connectivity index (χ2v) is 6.59.